The fourth-order valence-corrected chi connectivity index (χ4v) is 3.82. The van der Waals surface area contributed by atoms with Crippen molar-refractivity contribution in [2.75, 3.05) is 13.7 Å². The molecule has 0 radical (unpaired) electrons. The summed E-state index contributed by atoms with van der Waals surface area (Å²) in [6.45, 7) is -0.231. The van der Waals surface area contributed by atoms with Crippen LogP contribution in [0.1, 0.15) is 15.9 Å². The highest BCUT2D eigenvalue weighted by molar-refractivity contribution is 9.10. The number of nitrogens with one attached hydrogen (secondary N) is 1. The largest absolute Gasteiger partial charge is 0.493 e. The van der Waals surface area contributed by atoms with E-state index in [-0.39, 0.29) is 12.4 Å². The Morgan fingerprint density at radius 3 is 2.48 bits per heavy atom. The third-order valence-corrected chi connectivity index (χ3v) is 5.69. The Morgan fingerprint density at radius 2 is 1.76 bits per heavy atom. The molecule has 0 atom stereocenters. The van der Waals surface area contributed by atoms with Crippen molar-refractivity contribution in [1.29, 1.82) is 0 Å². The van der Waals surface area contributed by atoms with Crippen LogP contribution in [0, 0.1) is 0 Å². The summed E-state index contributed by atoms with van der Waals surface area (Å²) >= 11 is 12.5. The SMILES string of the molecule is COc1cc(/C=N/NC(=O)COc2ccc(Cl)cc2Br)ccc1OC(=O)c1ccccc1Br. The van der Waals surface area contributed by atoms with E-state index in [0.29, 0.717) is 36.6 Å². The minimum Gasteiger partial charge on any atom is -0.493 e. The van der Waals surface area contributed by atoms with Crippen LogP contribution in [0.2, 0.25) is 5.02 Å². The molecule has 1 amide bonds. The van der Waals surface area contributed by atoms with Gasteiger partial charge in [0.15, 0.2) is 18.1 Å². The molecule has 10 heteroatoms. The summed E-state index contributed by atoms with van der Waals surface area (Å²) in [6.07, 6.45) is 1.43. The maximum absolute atomic E-state index is 12.4. The van der Waals surface area contributed by atoms with Crippen LogP contribution >= 0.6 is 43.5 Å². The molecule has 0 fully saturated rings. The average molecular weight is 597 g/mol. The van der Waals surface area contributed by atoms with Crippen molar-refractivity contribution in [2.24, 2.45) is 5.10 Å². The van der Waals surface area contributed by atoms with Gasteiger partial charge in [0.2, 0.25) is 0 Å². The van der Waals surface area contributed by atoms with E-state index in [4.69, 9.17) is 25.8 Å². The molecule has 0 aromatic heterocycles. The molecule has 7 nitrogen and oxygen atoms in total. The first-order valence-corrected chi connectivity index (χ1v) is 11.4. The van der Waals surface area contributed by atoms with E-state index < -0.39 is 11.9 Å². The maximum atomic E-state index is 12.4. The molecule has 0 aliphatic heterocycles. The van der Waals surface area contributed by atoms with Gasteiger partial charge in [-0.05, 0) is 86.0 Å². The number of hydrogen-bond donors (Lipinski definition) is 1. The molecule has 3 aromatic carbocycles. The summed E-state index contributed by atoms with van der Waals surface area (Å²) in [5, 5.41) is 4.46. The van der Waals surface area contributed by atoms with Crippen molar-refractivity contribution >= 4 is 61.6 Å². The third kappa shape index (κ3) is 7.05. The Labute approximate surface area is 211 Å². The number of nitrogens with zero attached hydrogens (tertiary/aromatic N) is 1. The number of amides is 1. The second-order valence-electron chi connectivity index (χ2n) is 6.44. The molecule has 0 saturated heterocycles. The molecule has 33 heavy (non-hydrogen) atoms. The van der Waals surface area contributed by atoms with Crippen molar-refractivity contribution in [3.05, 3.63) is 85.8 Å². The van der Waals surface area contributed by atoms with E-state index in [2.05, 4.69) is 42.4 Å². The molecule has 3 aromatic rings. The van der Waals surface area contributed by atoms with E-state index >= 15 is 0 Å². The minimum absolute atomic E-state index is 0.231. The van der Waals surface area contributed by atoms with E-state index in [9.17, 15) is 9.59 Å². The fourth-order valence-electron chi connectivity index (χ4n) is 2.58. The zero-order chi connectivity index (χ0) is 23.8. The lowest BCUT2D eigenvalue weighted by Crippen LogP contribution is -2.24. The molecular formula is C23H17Br2ClN2O5. The number of esters is 1. The van der Waals surface area contributed by atoms with Gasteiger partial charge < -0.3 is 14.2 Å². The number of hydrogen-bond acceptors (Lipinski definition) is 6. The number of halogens is 3. The monoisotopic (exact) mass is 594 g/mol. The summed E-state index contributed by atoms with van der Waals surface area (Å²) in [4.78, 5) is 24.4. The average Bonchev–Trinajstić information content (AvgIpc) is 2.79. The standard InChI is InChI=1S/C23H17Br2ClN2O5/c1-31-21-10-14(6-8-20(21)33-23(30)16-4-2-3-5-17(16)24)12-27-28-22(29)13-32-19-9-7-15(26)11-18(19)25/h2-12H,13H2,1H3,(H,28,29)/b27-12+. The smallest absolute Gasteiger partial charge is 0.344 e. The zero-order valence-corrected chi connectivity index (χ0v) is 21.1. The lowest BCUT2D eigenvalue weighted by molar-refractivity contribution is -0.123. The maximum Gasteiger partial charge on any atom is 0.344 e. The Bertz CT molecular complexity index is 1200. The Hall–Kier alpha value is -2.88. The molecule has 0 spiro atoms. The number of methoxy groups -OCH3 is 1. The van der Waals surface area contributed by atoms with Gasteiger partial charge >= 0.3 is 5.97 Å². The van der Waals surface area contributed by atoms with Crippen LogP contribution < -0.4 is 19.6 Å². The van der Waals surface area contributed by atoms with Crippen molar-refractivity contribution < 1.29 is 23.8 Å². The van der Waals surface area contributed by atoms with Crippen molar-refractivity contribution in [2.45, 2.75) is 0 Å². The number of carbonyl (C=O) groups excluding carboxylic acids is 2. The van der Waals surface area contributed by atoms with E-state index in [1.54, 1.807) is 60.7 Å². The number of benzene rings is 3. The third-order valence-electron chi connectivity index (χ3n) is 4.14. The number of carbonyl (C=O) groups is 2. The van der Waals surface area contributed by atoms with Crippen LogP contribution in [0.25, 0.3) is 0 Å². The first kappa shape index (κ1) is 24.8. The molecule has 170 valence electrons. The van der Waals surface area contributed by atoms with Gasteiger partial charge in [-0.2, -0.15) is 5.10 Å². The van der Waals surface area contributed by atoms with Gasteiger partial charge in [0, 0.05) is 9.50 Å². The fraction of sp³-hybridized carbons (Fsp3) is 0.0870. The van der Waals surface area contributed by atoms with Crippen LogP contribution in [-0.2, 0) is 4.79 Å². The normalized spacial score (nSPS) is 10.7. The molecule has 3 rings (SSSR count). The predicted octanol–water partition coefficient (Wildman–Crippen LogP) is 5.62. The highest BCUT2D eigenvalue weighted by Gasteiger charge is 2.15. The van der Waals surface area contributed by atoms with Crippen LogP contribution in [0.3, 0.4) is 0 Å². The molecule has 0 bridgehead atoms. The Kier molecular flexibility index (Phi) is 8.87. The van der Waals surface area contributed by atoms with Crippen molar-refractivity contribution in [3.63, 3.8) is 0 Å². The van der Waals surface area contributed by atoms with Gasteiger partial charge in [0.25, 0.3) is 5.91 Å². The summed E-state index contributed by atoms with van der Waals surface area (Å²) in [6, 6.07) is 16.8. The summed E-state index contributed by atoms with van der Waals surface area (Å²) < 4.78 is 17.5. The molecule has 0 heterocycles. The molecular weight excluding hydrogens is 580 g/mol. The van der Waals surface area contributed by atoms with E-state index in [1.807, 2.05) is 0 Å². The van der Waals surface area contributed by atoms with Crippen LogP contribution in [-0.4, -0.2) is 31.8 Å². The van der Waals surface area contributed by atoms with Gasteiger partial charge in [-0.15, -0.1) is 0 Å². The molecule has 0 aliphatic carbocycles. The topological polar surface area (TPSA) is 86.2 Å². The second kappa shape index (κ2) is 11.8. The second-order valence-corrected chi connectivity index (χ2v) is 8.58. The van der Waals surface area contributed by atoms with Gasteiger partial charge in [-0.1, -0.05) is 23.7 Å². The van der Waals surface area contributed by atoms with E-state index in [0.717, 1.165) is 0 Å². The highest BCUT2D eigenvalue weighted by Crippen LogP contribution is 2.29. The summed E-state index contributed by atoms with van der Waals surface area (Å²) in [5.41, 5.74) is 3.39. The Morgan fingerprint density at radius 1 is 1.00 bits per heavy atom. The summed E-state index contributed by atoms with van der Waals surface area (Å²) in [5.74, 6) is 0.0970. The molecule has 0 unspecified atom stereocenters. The van der Waals surface area contributed by atoms with Gasteiger partial charge in [-0.3, -0.25) is 4.79 Å². The number of ether oxygens (including phenoxy) is 3. The molecule has 1 N–H and O–H groups in total. The first-order chi connectivity index (χ1) is 15.9. The summed E-state index contributed by atoms with van der Waals surface area (Å²) in [7, 11) is 1.46. The van der Waals surface area contributed by atoms with Crippen molar-refractivity contribution in [3.8, 4) is 17.2 Å². The predicted molar refractivity (Wildman–Crippen MR) is 132 cm³/mol. The first-order valence-electron chi connectivity index (χ1n) is 9.42. The molecule has 0 aliphatic rings. The highest BCUT2D eigenvalue weighted by atomic mass is 79.9. The van der Waals surface area contributed by atoms with Crippen molar-refractivity contribution in [1.82, 2.24) is 5.43 Å². The van der Waals surface area contributed by atoms with Crippen LogP contribution in [0.15, 0.2) is 74.7 Å². The Balaban J connectivity index is 1.58. The van der Waals surface area contributed by atoms with Crippen LogP contribution in [0.4, 0.5) is 0 Å². The number of rotatable bonds is 8. The minimum atomic E-state index is -0.526. The van der Waals surface area contributed by atoms with Gasteiger partial charge in [-0.25, -0.2) is 10.2 Å². The number of hydrazone groups is 1. The lowest BCUT2D eigenvalue weighted by Gasteiger charge is -2.10. The quantitative estimate of drug-likeness (QED) is 0.158. The lowest BCUT2D eigenvalue weighted by atomic mass is 10.2. The van der Waals surface area contributed by atoms with Crippen LogP contribution in [0.5, 0.6) is 17.2 Å². The molecule has 0 saturated carbocycles. The zero-order valence-electron chi connectivity index (χ0n) is 17.2. The van der Waals surface area contributed by atoms with E-state index in [1.165, 1.54) is 13.3 Å². The van der Waals surface area contributed by atoms with Gasteiger partial charge in [0.1, 0.15) is 5.75 Å². The van der Waals surface area contributed by atoms with Gasteiger partial charge in [0.05, 0.1) is 23.4 Å².